The highest BCUT2D eigenvalue weighted by molar-refractivity contribution is 6.21. The van der Waals surface area contributed by atoms with Crippen LogP contribution in [0.3, 0.4) is 0 Å². The van der Waals surface area contributed by atoms with Gasteiger partial charge in [-0.1, -0.05) is 182 Å². The number of imide groups is 1. The molecule has 5 heterocycles. The van der Waals surface area contributed by atoms with Crippen LogP contribution in [-0.4, -0.2) is 141 Å². The van der Waals surface area contributed by atoms with Crippen LogP contribution in [-0.2, 0) is 88.0 Å². The molecule has 15 atom stereocenters. The normalized spacial score (nSPS) is 29.0. The first-order chi connectivity index (χ1) is 42.3. The van der Waals surface area contributed by atoms with Crippen molar-refractivity contribution in [1.29, 1.82) is 0 Å². The first kappa shape index (κ1) is 59.0. The van der Waals surface area contributed by atoms with Crippen LogP contribution in [0.5, 0.6) is 0 Å². The van der Waals surface area contributed by atoms with Crippen LogP contribution in [0.4, 0.5) is 0 Å². The van der Waals surface area contributed by atoms with E-state index in [-0.39, 0.29) is 62.9 Å². The Bertz CT molecular complexity index is 3260. The first-order valence-corrected chi connectivity index (χ1v) is 28.9. The highest BCUT2D eigenvalue weighted by Crippen LogP contribution is 2.42. The third kappa shape index (κ3) is 13.4. The number of amides is 2. The SMILES string of the molecule is CO[C@@H]1O[C@H](COCc2ccccc2)[C@@H](O[C@@H]2OC[C@@H](OCc3ccccc3)[C@@H](OCc3ccccc3)[C@@H]2OCc2ccccc2)[C@H](O[C@@H]2O[C@@H]3COC(c4ccccc4)O[C@@H]3[C@H](O)[C@H]2OC(=O)c2ccccc2)[C@H]1N1C(=O)c2ccccc2C1=O. The number of hydrogen-bond acceptors (Lipinski definition) is 17. The fraction of sp³-hybridized carbons (Fsp3) is 0.338. The van der Waals surface area contributed by atoms with E-state index in [1.165, 1.54) is 7.11 Å². The average molecular weight is 1170 g/mol. The molecule has 0 spiro atoms. The van der Waals surface area contributed by atoms with Crippen molar-refractivity contribution in [2.24, 2.45) is 0 Å². The maximum absolute atomic E-state index is 15.0. The van der Waals surface area contributed by atoms with Crippen molar-refractivity contribution in [3.8, 4) is 0 Å². The Hall–Kier alpha value is -7.37. The van der Waals surface area contributed by atoms with Crippen molar-refractivity contribution >= 4 is 17.8 Å². The molecule has 7 aromatic carbocycles. The molecular formula is C68H67NO17. The molecule has 1 N–H and O–H groups in total. The summed E-state index contributed by atoms with van der Waals surface area (Å²) in [4.78, 5) is 45.4. The van der Waals surface area contributed by atoms with Crippen LogP contribution in [0.1, 0.15) is 65.2 Å². The molecule has 18 nitrogen and oxygen atoms in total. The minimum Gasteiger partial charge on any atom is -0.450 e. The van der Waals surface area contributed by atoms with Crippen LogP contribution in [0.15, 0.2) is 206 Å². The van der Waals surface area contributed by atoms with Crippen molar-refractivity contribution in [3.05, 3.63) is 251 Å². The van der Waals surface area contributed by atoms with Crippen LogP contribution in [0.25, 0.3) is 0 Å². The molecule has 86 heavy (non-hydrogen) atoms. The summed E-state index contributed by atoms with van der Waals surface area (Å²) in [5.74, 6) is -2.15. The number of ether oxygens (including phenoxy) is 13. The standard InChI is InChI=1S/C68H67NO17/c1-74-66-54(69-62(71)49-34-20-21-35-50(49)63(69)72)59(86-68-60(83-64(73)47-30-16-6-17-31-47)55(70)56-53(82-68)42-79-65(84-56)48-32-18-7-19-33-48)58(52(81-66)40-75-36-43-22-8-2-9-23-43)85-67-61(78-39-46-28-14-5-15-29-46)57(77-38-45-26-12-4-13-27-45)51(41-80-67)76-37-44-24-10-3-11-25-44/h2-35,51-61,65-68,70H,36-42H2,1H3/t51-,52-,53-,54-,55+,56+,57-,58-,59-,60-,61+,65?,66-,67+,68+/m1/s1. The Balaban J connectivity index is 0.958. The zero-order chi connectivity index (χ0) is 58.8. The van der Waals surface area contributed by atoms with Crippen molar-refractivity contribution in [2.75, 3.05) is 26.9 Å². The summed E-state index contributed by atoms with van der Waals surface area (Å²) >= 11 is 0. The number of aliphatic hydroxyl groups is 1. The van der Waals surface area contributed by atoms with Crippen LogP contribution < -0.4 is 0 Å². The van der Waals surface area contributed by atoms with Crippen molar-refractivity contribution < 1.29 is 81.1 Å². The van der Waals surface area contributed by atoms with Gasteiger partial charge in [-0.15, -0.1) is 0 Å². The van der Waals surface area contributed by atoms with E-state index < -0.39 is 110 Å². The van der Waals surface area contributed by atoms with Gasteiger partial charge in [-0.2, -0.15) is 0 Å². The van der Waals surface area contributed by atoms with E-state index in [1.807, 2.05) is 152 Å². The van der Waals surface area contributed by atoms with Gasteiger partial charge in [-0.3, -0.25) is 14.5 Å². The molecule has 12 rings (SSSR count). The molecule has 0 saturated carbocycles. The fourth-order valence-corrected chi connectivity index (χ4v) is 11.5. The van der Waals surface area contributed by atoms with Crippen molar-refractivity contribution in [2.45, 2.75) is 119 Å². The van der Waals surface area contributed by atoms with Crippen molar-refractivity contribution in [1.82, 2.24) is 4.90 Å². The summed E-state index contributed by atoms with van der Waals surface area (Å²) in [5, 5.41) is 12.7. The quantitative estimate of drug-likeness (QED) is 0.0500. The number of carbonyl (C=O) groups is 3. The fourth-order valence-electron chi connectivity index (χ4n) is 11.5. The van der Waals surface area contributed by atoms with Crippen LogP contribution >= 0.6 is 0 Å². The number of aliphatic hydroxyl groups excluding tert-OH is 1. The summed E-state index contributed by atoms with van der Waals surface area (Å²) in [6, 6.07) is 61.1. The van der Waals surface area contributed by atoms with Gasteiger partial charge in [-0.05, 0) is 46.5 Å². The highest BCUT2D eigenvalue weighted by atomic mass is 16.8. The van der Waals surface area contributed by atoms with Gasteiger partial charge >= 0.3 is 5.97 Å². The third-order valence-electron chi connectivity index (χ3n) is 15.8. The topological polar surface area (TPSA) is 195 Å². The van der Waals surface area contributed by atoms with E-state index in [4.69, 9.17) is 61.6 Å². The molecule has 0 bridgehead atoms. The van der Waals surface area contributed by atoms with Gasteiger partial charge in [0.05, 0.1) is 62.9 Å². The lowest BCUT2D eigenvalue weighted by Gasteiger charge is -2.52. The molecule has 4 fully saturated rings. The second-order valence-electron chi connectivity index (χ2n) is 21.5. The molecule has 5 aliphatic heterocycles. The molecule has 7 aromatic rings. The minimum absolute atomic E-state index is 0.0541. The maximum Gasteiger partial charge on any atom is 0.338 e. The van der Waals surface area contributed by atoms with E-state index in [2.05, 4.69) is 0 Å². The second kappa shape index (κ2) is 28.0. The summed E-state index contributed by atoms with van der Waals surface area (Å²) in [6.45, 7) is 0.271. The molecule has 0 aromatic heterocycles. The molecule has 446 valence electrons. The molecule has 2 amide bonds. The summed E-state index contributed by atoms with van der Waals surface area (Å²) < 4.78 is 87.6. The van der Waals surface area contributed by atoms with Crippen LogP contribution in [0, 0.1) is 0 Å². The van der Waals surface area contributed by atoms with E-state index in [9.17, 15) is 19.5 Å². The van der Waals surface area contributed by atoms with E-state index in [0.29, 0.717) is 5.56 Å². The summed E-state index contributed by atoms with van der Waals surface area (Å²) in [7, 11) is 1.38. The van der Waals surface area contributed by atoms with Gasteiger partial charge in [-0.25, -0.2) is 4.79 Å². The molecule has 0 radical (unpaired) electrons. The number of hydrogen-bond donors (Lipinski definition) is 1. The molecular weight excluding hydrogens is 1100 g/mol. The Morgan fingerprint density at radius 1 is 0.512 bits per heavy atom. The first-order valence-electron chi connectivity index (χ1n) is 28.9. The zero-order valence-corrected chi connectivity index (χ0v) is 47.2. The lowest BCUT2D eigenvalue weighted by molar-refractivity contribution is -0.391. The number of esters is 1. The third-order valence-corrected chi connectivity index (χ3v) is 15.8. The Morgan fingerprint density at radius 3 is 1.60 bits per heavy atom. The molecule has 1 unspecified atom stereocenters. The largest absolute Gasteiger partial charge is 0.450 e. The molecule has 4 saturated heterocycles. The summed E-state index contributed by atoms with van der Waals surface area (Å²) in [5.41, 5.74) is 4.65. The summed E-state index contributed by atoms with van der Waals surface area (Å²) in [6.07, 6.45) is -17.5. The van der Waals surface area contributed by atoms with E-state index >= 15 is 0 Å². The highest BCUT2D eigenvalue weighted by Gasteiger charge is 2.60. The predicted octanol–water partition coefficient (Wildman–Crippen LogP) is 8.55. The van der Waals surface area contributed by atoms with Gasteiger partial charge in [0.1, 0.15) is 61.0 Å². The second-order valence-corrected chi connectivity index (χ2v) is 21.5. The molecule has 18 heteroatoms. The number of rotatable bonds is 22. The number of nitrogens with zero attached hydrogens (tertiary/aromatic N) is 1. The Morgan fingerprint density at radius 2 is 1.02 bits per heavy atom. The lowest BCUT2D eigenvalue weighted by atomic mass is 9.93. The van der Waals surface area contributed by atoms with E-state index in [1.54, 1.807) is 54.6 Å². The number of benzene rings is 7. The lowest BCUT2D eigenvalue weighted by Crippen LogP contribution is -2.70. The van der Waals surface area contributed by atoms with Gasteiger partial charge in [0.2, 0.25) is 0 Å². The smallest absolute Gasteiger partial charge is 0.338 e. The number of carbonyl (C=O) groups excluding carboxylic acids is 3. The Kier molecular flexibility index (Phi) is 19.2. The van der Waals surface area contributed by atoms with Gasteiger partial charge in [0, 0.05) is 12.7 Å². The molecule has 5 aliphatic rings. The minimum atomic E-state index is -1.69. The zero-order valence-electron chi connectivity index (χ0n) is 47.2. The van der Waals surface area contributed by atoms with Gasteiger partial charge < -0.3 is 66.7 Å². The van der Waals surface area contributed by atoms with Crippen molar-refractivity contribution in [3.63, 3.8) is 0 Å². The maximum atomic E-state index is 15.0. The average Bonchev–Trinajstić information content (AvgIpc) is 1.51. The number of fused-ring (bicyclic) bond motifs is 2. The van der Waals surface area contributed by atoms with Gasteiger partial charge in [0.25, 0.3) is 11.8 Å². The Labute approximate surface area is 498 Å². The number of methoxy groups -OCH3 is 1. The predicted molar refractivity (Wildman–Crippen MR) is 307 cm³/mol. The molecule has 0 aliphatic carbocycles. The van der Waals surface area contributed by atoms with E-state index in [0.717, 1.165) is 27.2 Å². The monoisotopic (exact) mass is 1170 g/mol. The van der Waals surface area contributed by atoms with Crippen LogP contribution in [0.2, 0.25) is 0 Å². The van der Waals surface area contributed by atoms with Gasteiger partial charge in [0.15, 0.2) is 31.3 Å².